The average molecular weight is 396 g/mol. The molecule has 1 aromatic carbocycles. The monoisotopic (exact) mass is 396 g/mol. The molecule has 1 heterocycles. The van der Waals surface area contributed by atoms with Gasteiger partial charge in [-0.3, -0.25) is 4.79 Å². The van der Waals surface area contributed by atoms with Crippen LogP contribution in [-0.4, -0.2) is 48.2 Å². The minimum absolute atomic E-state index is 0.00668. The van der Waals surface area contributed by atoms with Crippen LogP contribution in [-0.2, 0) is 9.53 Å². The van der Waals surface area contributed by atoms with E-state index in [4.69, 9.17) is 4.74 Å². The number of amides is 2. The van der Waals surface area contributed by atoms with Crippen LogP contribution in [0.1, 0.15) is 39.2 Å². The summed E-state index contributed by atoms with van der Waals surface area (Å²) in [7, 11) is 0. The van der Waals surface area contributed by atoms with Crippen molar-refractivity contribution in [2.24, 2.45) is 0 Å². The van der Waals surface area contributed by atoms with Crippen molar-refractivity contribution in [2.75, 3.05) is 13.1 Å². The maximum absolute atomic E-state index is 12.4. The number of carbonyl (C=O) groups is 2. The first kappa shape index (κ1) is 21.7. The highest BCUT2D eigenvalue weighted by Crippen LogP contribution is 2.21. The molecule has 0 saturated carbocycles. The summed E-state index contributed by atoms with van der Waals surface area (Å²) in [5.74, 6) is -0.324. The van der Waals surface area contributed by atoms with E-state index >= 15 is 0 Å². The lowest BCUT2D eigenvalue weighted by Crippen LogP contribution is -2.47. The molecule has 0 unspecified atom stereocenters. The average Bonchev–Trinajstić information content (AvgIpc) is 2.59. The number of piperidine rings is 1. The van der Waals surface area contributed by atoms with Crippen molar-refractivity contribution < 1.29 is 27.8 Å². The molecule has 6 nitrogen and oxygen atoms in total. The molecule has 1 saturated heterocycles. The van der Waals surface area contributed by atoms with Gasteiger partial charge in [0.1, 0.15) is 11.4 Å². The van der Waals surface area contributed by atoms with E-state index in [-0.39, 0.29) is 23.8 Å². The smallest absolute Gasteiger partial charge is 0.410 e. The number of likely N-dealkylation sites (tertiary alicyclic amines) is 1. The number of halogens is 2. The third-order valence-electron chi connectivity index (χ3n) is 4.04. The van der Waals surface area contributed by atoms with E-state index in [1.54, 1.807) is 23.1 Å². The Morgan fingerprint density at radius 1 is 1.21 bits per heavy atom. The zero-order valence-corrected chi connectivity index (χ0v) is 16.3. The van der Waals surface area contributed by atoms with E-state index in [9.17, 15) is 18.4 Å². The zero-order chi connectivity index (χ0) is 20.7. The second-order valence-electron chi connectivity index (χ2n) is 7.50. The summed E-state index contributed by atoms with van der Waals surface area (Å²) in [4.78, 5) is 25.8. The molecule has 1 N–H and O–H groups in total. The molecule has 8 heteroatoms. The highest BCUT2D eigenvalue weighted by atomic mass is 19.3. The maximum Gasteiger partial charge on any atom is 0.410 e. The van der Waals surface area contributed by atoms with Crippen molar-refractivity contribution in [3.8, 4) is 5.75 Å². The summed E-state index contributed by atoms with van der Waals surface area (Å²) >= 11 is 0. The summed E-state index contributed by atoms with van der Waals surface area (Å²) in [5, 5.41) is 2.86. The quantitative estimate of drug-likeness (QED) is 0.769. The lowest BCUT2D eigenvalue weighted by atomic mass is 10.1. The predicted octanol–water partition coefficient (Wildman–Crippen LogP) is 3.82. The van der Waals surface area contributed by atoms with Gasteiger partial charge in [-0.15, -0.1) is 0 Å². The van der Waals surface area contributed by atoms with Crippen LogP contribution in [0.5, 0.6) is 5.75 Å². The van der Waals surface area contributed by atoms with Crippen LogP contribution in [0.3, 0.4) is 0 Å². The van der Waals surface area contributed by atoms with Gasteiger partial charge in [0.15, 0.2) is 0 Å². The van der Waals surface area contributed by atoms with E-state index in [0.717, 1.165) is 0 Å². The molecule has 0 bridgehead atoms. The normalized spacial score (nSPS) is 15.7. The highest BCUT2D eigenvalue weighted by molar-refractivity contribution is 5.92. The molecule has 2 amide bonds. The van der Waals surface area contributed by atoms with Crippen LogP contribution >= 0.6 is 0 Å². The third-order valence-corrected chi connectivity index (χ3v) is 4.04. The van der Waals surface area contributed by atoms with Crippen LogP contribution in [0.15, 0.2) is 30.3 Å². The molecule has 0 radical (unpaired) electrons. The zero-order valence-electron chi connectivity index (χ0n) is 16.3. The summed E-state index contributed by atoms with van der Waals surface area (Å²) in [6.45, 7) is 3.50. The molecule has 0 atom stereocenters. The minimum atomic E-state index is -2.93. The Labute approximate surface area is 163 Å². The fraction of sp³-hybridized carbons (Fsp3) is 0.500. The lowest BCUT2D eigenvalue weighted by Gasteiger charge is -2.33. The Kier molecular flexibility index (Phi) is 7.37. The van der Waals surface area contributed by atoms with Crippen LogP contribution < -0.4 is 10.1 Å². The van der Waals surface area contributed by atoms with Crippen molar-refractivity contribution in [3.05, 3.63) is 35.9 Å². The maximum atomic E-state index is 12.4. The predicted molar refractivity (Wildman–Crippen MR) is 101 cm³/mol. The Hall–Kier alpha value is -2.64. The lowest BCUT2D eigenvalue weighted by molar-refractivity contribution is -0.117. The number of alkyl halides is 2. The Morgan fingerprint density at radius 2 is 1.86 bits per heavy atom. The number of rotatable bonds is 5. The molecule has 1 aromatic rings. The van der Waals surface area contributed by atoms with E-state index in [1.165, 1.54) is 18.2 Å². The molecule has 1 aliphatic heterocycles. The summed E-state index contributed by atoms with van der Waals surface area (Å²) in [5.41, 5.74) is -0.158. The largest absolute Gasteiger partial charge is 0.444 e. The molecule has 28 heavy (non-hydrogen) atoms. The number of hydrogen-bond acceptors (Lipinski definition) is 4. The second-order valence-corrected chi connectivity index (χ2v) is 7.50. The highest BCUT2D eigenvalue weighted by Gasteiger charge is 2.27. The summed E-state index contributed by atoms with van der Waals surface area (Å²) < 4.78 is 34.6. The molecule has 2 rings (SSSR count). The Bertz CT molecular complexity index is 708. The fourth-order valence-corrected chi connectivity index (χ4v) is 2.77. The van der Waals surface area contributed by atoms with Crippen molar-refractivity contribution in [2.45, 2.75) is 51.9 Å². The Morgan fingerprint density at radius 3 is 2.46 bits per heavy atom. The minimum Gasteiger partial charge on any atom is -0.444 e. The number of ether oxygens (including phenoxy) is 2. The number of carbonyl (C=O) groups excluding carboxylic acids is 2. The fourth-order valence-electron chi connectivity index (χ4n) is 2.77. The van der Waals surface area contributed by atoms with Gasteiger partial charge in [-0.1, -0.05) is 18.2 Å². The Balaban J connectivity index is 1.84. The van der Waals surface area contributed by atoms with Gasteiger partial charge in [-0.25, -0.2) is 4.79 Å². The topological polar surface area (TPSA) is 67.9 Å². The van der Waals surface area contributed by atoms with Crippen molar-refractivity contribution in [1.82, 2.24) is 10.2 Å². The van der Waals surface area contributed by atoms with Crippen molar-refractivity contribution >= 4 is 18.1 Å². The van der Waals surface area contributed by atoms with E-state index in [0.29, 0.717) is 31.5 Å². The number of para-hydroxylation sites is 1. The van der Waals surface area contributed by atoms with Crippen LogP contribution in [0.25, 0.3) is 6.08 Å². The van der Waals surface area contributed by atoms with Crippen LogP contribution in [0.2, 0.25) is 0 Å². The van der Waals surface area contributed by atoms with Gasteiger partial charge in [-0.05, 0) is 45.8 Å². The number of nitrogens with one attached hydrogen (secondary N) is 1. The SMILES string of the molecule is CC(C)(C)OC(=O)N1CCC(NC(=O)/C=C/c2ccccc2OC(F)F)CC1. The molecular formula is C20H26F2N2O4. The summed E-state index contributed by atoms with van der Waals surface area (Å²) in [6.07, 6.45) is 3.60. The van der Waals surface area contributed by atoms with Gasteiger partial charge in [0.2, 0.25) is 5.91 Å². The van der Waals surface area contributed by atoms with E-state index in [1.807, 2.05) is 20.8 Å². The summed E-state index contributed by atoms with van der Waals surface area (Å²) in [6, 6.07) is 6.18. The van der Waals surface area contributed by atoms with Gasteiger partial charge < -0.3 is 19.7 Å². The van der Waals surface area contributed by atoms with Gasteiger partial charge in [0, 0.05) is 30.8 Å². The molecule has 154 valence electrons. The van der Waals surface area contributed by atoms with Crippen LogP contribution in [0, 0.1) is 0 Å². The molecule has 0 aromatic heterocycles. The third kappa shape index (κ3) is 7.17. The standard InChI is InChI=1S/C20H26F2N2O4/c1-20(2,3)28-19(26)24-12-10-15(11-13-24)23-17(25)9-8-14-6-4-5-7-16(14)27-18(21)22/h4-9,15,18H,10-13H2,1-3H3,(H,23,25)/b9-8+. The van der Waals surface area contributed by atoms with Crippen LogP contribution in [0.4, 0.5) is 13.6 Å². The van der Waals surface area contributed by atoms with Gasteiger partial charge in [-0.2, -0.15) is 8.78 Å². The number of hydrogen-bond donors (Lipinski definition) is 1. The molecule has 1 fully saturated rings. The molecular weight excluding hydrogens is 370 g/mol. The first-order chi connectivity index (χ1) is 13.1. The molecule has 0 aliphatic carbocycles. The number of nitrogens with zero attached hydrogens (tertiary/aromatic N) is 1. The first-order valence-electron chi connectivity index (χ1n) is 9.14. The first-order valence-corrected chi connectivity index (χ1v) is 9.14. The van der Waals surface area contributed by atoms with Gasteiger partial charge >= 0.3 is 12.7 Å². The molecule has 0 spiro atoms. The molecule has 1 aliphatic rings. The van der Waals surface area contributed by atoms with E-state index in [2.05, 4.69) is 10.1 Å². The van der Waals surface area contributed by atoms with E-state index < -0.39 is 12.2 Å². The van der Waals surface area contributed by atoms with Gasteiger partial charge in [0.25, 0.3) is 0 Å². The van der Waals surface area contributed by atoms with Crippen molar-refractivity contribution in [1.29, 1.82) is 0 Å². The van der Waals surface area contributed by atoms with Crippen molar-refractivity contribution in [3.63, 3.8) is 0 Å². The van der Waals surface area contributed by atoms with Gasteiger partial charge in [0.05, 0.1) is 0 Å². The second kappa shape index (κ2) is 9.52. The number of benzene rings is 1.